The zero-order valence-electron chi connectivity index (χ0n) is 33.5. The summed E-state index contributed by atoms with van der Waals surface area (Å²) in [5, 5.41) is 0. The Labute approximate surface area is 343 Å². The minimum atomic E-state index is 1.11. The zero-order valence-corrected chi connectivity index (χ0v) is 33.5. The van der Waals surface area contributed by atoms with Gasteiger partial charge in [-0.05, 0) is 122 Å². The van der Waals surface area contributed by atoms with Crippen molar-refractivity contribution in [2.24, 2.45) is 0 Å². The molecule has 0 aromatic heterocycles. The number of anilines is 6. The van der Waals surface area contributed by atoms with Gasteiger partial charge in [0, 0.05) is 33.9 Å². The SMILES string of the molecule is Cc1ccc(/C=C/c2ccc(N(c3ccc(C)cc3)c3ccc(N(c4ccc(C)cc4)c4ccc(/C=C/c5ccc(C)cc5)cc4)c4c3-c3ccccc3-4)cc2)cc1. The summed E-state index contributed by atoms with van der Waals surface area (Å²) >= 11 is 0. The van der Waals surface area contributed by atoms with Crippen LogP contribution in [0.3, 0.4) is 0 Å². The van der Waals surface area contributed by atoms with Gasteiger partial charge < -0.3 is 9.80 Å². The van der Waals surface area contributed by atoms with Crippen LogP contribution in [0.4, 0.5) is 34.1 Å². The molecule has 280 valence electrons. The number of benzene rings is 8. The summed E-state index contributed by atoms with van der Waals surface area (Å²) in [5.41, 5.74) is 21.5. The van der Waals surface area contributed by atoms with Crippen LogP contribution in [0.15, 0.2) is 182 Å². The Bertz CT molecular complexity index is 2560. The smallest absolute Gasteiger partial charge is 0.0548 e. The lowest BCUT2D eigenvalue weighted by Gasteiger charge is -2.38. The van der Waals surface area contributed by atoms with Crippen molar-refractivity contribution < 1.29 is 0 Å². The number of fused-ring (bicyclic) bond motifs is 4. The van der Waals surface area contributed by atoms with Gasteiger partial charge >= 0.3 is 0 Å². The third kappa shape index (κ3) is 7.41. The third-order valence-electron chi connectivity index (χ3n) is 11.1. The largest absolute Gasteiger partial charge is 0.310 e. The summed E-state index contributed by atoms with van der Waals surface area (Å²) in [7, 11) is 0. The number of nitrogens with zero attached hydrogens (tertiary/aromatic N) is 2. The molecule has 9 rings (SSSR count). The highest BCUT2D eigenvalue weighted by atomic mass is 15.2. The van der Waals surface area contributed by atoms with Gasteiger partial charge in [0.25, 0.3) is 0 Å². The monoisotopic (exact) mass is 746 g/mol. The Morgan fingerprint density at radius 1 is 0.276 bits per heavy atom. The first-order valence-corrected chi connectivity index (χ1v) is 20.1. The predicted molar refractivity (Wildman–Crippen MR) is 250 cm³/mol. The highest BCUT2D eigenvalue weighted by molar-refractivity contribution is 6.15. The molecule has 0 radical (unpaired) electrons. The van der Waals surface area contributed by atoms with Gasteiger partial charge in [0.15, 0.2) is 0 Å². The van der Waals surface area contributed by atoms with Gasteiger partial charge in [-0.3, -0.25) is 0 Å². The van der Waals surface area contributed by atoms with E-state index in [1.807, 2.05) is 0 Å². The highest BCUT2D eigenvalue weighted by Gasteiger charge is 2.33. The molecule has 1 aliphatic carbocycles. The standard InChI is InChI=1S/C56H46N2/c1-39-9-17-43(18-10-39)21-23-45-25-33-49(34-26-45)57(47-29-13-41(3)14-30-47)53-37-38-54(56-52-8-6-5-7-51(52)55(53)56)58(48-31-15-42(4)16-32-48)50-35-27-46(28-36-50)24-22-44-19-11-40(2)12-20-44/h5-38H,1-4H3/b23-21+,24-22+. The lowest BCUT2D eigenvalue weighted by atomic mass is 9.77. The van der Waals surface area contributed by atoms with Crippen molar-refractivity contribution in [3.8, 4) is 22.3 Å². The van der Waals surface area contributed by atoms with Crippen LogP contribution >= 0.6 is 0 Å². The topological polar surface area (TPSA) is 6.48 Å². The van der Waals surface area contributed by atoms with E-state index in [-0.39, 0.29) is 0 Å². The fourth-order valence-electron chi connectivity index (χ4n) is 7.81. The predicted octanol–water partition coefficient (Wildman–Crippen LogP) is 15.8. The first kappa shape index (κ1) is 36.5. The molecule has 0 N–H and O–H groups in total. The van der Waals surface area contributed by atoms with E-state index in [1.165, 1.54) is 55.6 Å². The molecule has 0 saturated carbocycles. The molecule has 8 aromatic carbocycles. The van der Waals surface area contributed by atoms with E-state index in [1.54, 1.807) is 0 Å². The molecule has 1 aliphatic rings. The minimum Gasteiger partial charge on any atom is -0.310 e. The Balaban J connectivity index is 1.14. The van der Waals surface area contributed by atoms with Gasteiger partial charge in [0.1, 0.15) is 0 Å². The van der Waals surface area contributed by atoms with Crippen molar-refractivity contribution >= 4 is 58.4 Å². The quantitative estimate of drug-likeness (QED) is 0.129. The van der Waals surface area contributed by atoms with Crippen molar-refractivity contribution in [2.45, 2.75) is 27.7 Å². The summed E-state index contributed by atoms with van der Waals surface area (Å²) in [5.74, 6) is 0. The van der Waals surface area contributed by atoms with E-state index in [0.29, 0.717) is 0 Å². The van der Waals surface area contributed by atoms with Gasteiger partial charge in [0.05, 0.1) is 11.4 Å². The summed E-state index contributed by atoms with van der Waals surface area (Å²) in [6.07, 6.45) is 8.74. The number of aryl methyl sites for hydroxylation is 4. The molecule has 0 bridgehead atoms. The summed E-state index contributed by atoms with van der Waals surface area (Å²) < 4.78 is 0. The Morgan fingerprint density at radius 3 is 0.810 bits per heavy atom. The normalized spacial score (nSPS) is 11.7. The van der Waals surface area contributed by atoms with Crippen molar-refractivity contribution in [1.82, 2.24) is 0 Å². The maximum Gasteiger partial charge on any atom is 0.0548 e. The molecule has 0 unspecified atom stereocenters. The fraction of sp³-hybridized carbons (Fsp3) is 0.0714. The van der Waals surface area contributed by atoms with Crippen molar-refractivity contribution in [1.29, 1.82) is 0 Å². The molecule has 2 heteroatoms. The van der Waals surface area contributed by atoms with Gasteiger partial charge in [0.2, 0.25) is 0 Å². The Kier molecular flexibility index (Phi) is 9.91. The third-order valence-corrected chi connectivity index (χ3v) is 11.1. The van der Waals surface area contributed by atoms with Gasteiger partial charge in [-0.2, -0.15) is 0 Å². The van der Waals surface area contributed by atoms with Crippen LogP contribution in [0.2, 0.25) is 0 Å². The molecule has 0 spiro atoms. The minimum absolute atomic E-state index is 1.11. The maximum atomic E-state index is 2.41. The van der Waals surface area contributed by atoms with E-state index in [4.69, 9.17) is 0 Å². The molecule has 0 heterocycles. The second-order valence-electron chi connectivity index (χ2n) is 15.4. The Morgan fingerprint density at radius 2 is 0.517 bits per heavy atom. The number of hydrogen-bond donors (Lipinski definition) is 0. The highest BCUT2D eigenvalue weighted by Crippen LogP contribution is 2.59. The molecule has 0 amide bonds. The molecule has 0 fully saturated rings. The fourth-order valence-corrected chi connectivity index (χ4v) is 7.81. The zero-order chi connectivity index (χ0) is 39.6. The average Bonchev–Trinajstić information content (AvgIpc) is 3.25. The van der Waals surface area contributed by atoms with E-state index >= 15 is 0 Å². The van der Waals surface area contributed by atoms with E-state index in [2.05, 4.69) is 244 Å². The van der Waals surface area contributed by atoms with E-state index < -0.39 is 0 Å². The van der Waals surface area contributed by atoms with Crippen molar-refractivity contribution in [2.75, 3.05) is 9.80 Å². The van der Waals surface area contributed by atoms with Gasteiger partial charge in [-0.15, -0.1) is 0 Å². The second kappa shape index (κ2) is 15.8. The molecular formula is C56H46N2. The molecule has 8 aromatic rings. The van der Waals surface area contributed by atoms with Crippen LogP contribution in [0.25, 0.3) is 46.6 Å². The van der Waals surface area contributed by atoms with Crippen molar-refractivity contribution in [3.05, 3.63) is 226 Å². The second-order valence-corrected chi connectivity index (χ2v) is 15.4. The van der Waals surface area contributed by atoms with E-state index in [9.17, 15) is 0 Å². The average molecular weight is 747 g/mol. The Hall–Kier alpha value is -7.16. The van der Waals surface area contributed by atoms with Crippen LogP contribution in [-0.4, -0.2) is 0 Å². The summed E-state index contributed by atoms with van der Waals surface area (Å²) in [6.45, 7) is 8.54. The lowest BCUT2D eigenvalue weighted by molar-refractivity contribution is 1.24. The molecular weight excluding hydrogens is 701 g/mol. The van der Waals surface area contributed by atoms with Crippen LogP contribution < -0.4 is 9.80 Å². The molecule has 0 aliphatic heterocycles. The summed E-state index contributed by atoms with van der Waals surface area (Å²) in [4.78, 5) is 4.83. The number of hydrogen-bond acceptors (Lipinski definition) is 2. The van der Waals surface area contributed by atoms with Crippen LogP contribution in [-0.2, 0) is 0 Å². The maximum absolute atomic E-state index is 2.41. The first-order valence-electron chi connectivity index (χ1n) is 20.1. The van der Waals surface area contributed by atoms with Crippen molar-refractivity contribution in [3.63, 3.8) is 0 Å². The number of rotatable bonds is 10. The lowest BCUT2D eigenvalue weighted by Crippen LogP contribution is -2.18. The van der Waals surface area contributed by atoms with Gasteiger partial charge in [-0.25, -0.2) is 0 Å². The first-order chi connectivity index (χ1) is 28.4. The summed E-state index contributed by atoms with van der Waals surface area (Å²) in [6, 6.07) is 66.4. The van der Waals surface area contributed by atoms with Crippen LogP contribution in [0, 0.1) is 27.7 Å². The van der Waals surface area contributed by atoms with Crippen LogP contribution in [0.5, 0.6) is 0 Å². The van der Waals surface area contributed by atoms with Gasteiger partial charge in [-0.1, -0.05) is 168 Å². The molecule has 58 heavy (non-hydrogen) atoms. The van der Waals surface area contributed by atoms with Crippen LogP contribution in [0.1, 0.15) is 44.5 Å². The molecule has 0 saturated heterocycles. The molecule has 0 atom stereocenters. The molecule has 2 nitrogen and oxygen atoms in total. The van der Waals surface area contributed by atoms with E-state index in [0.717, 1.165) is 45.3 Å².